The molecule has 0 N–H and O–H groups in total. The first-order valence-corrected chi connectivity index (χ1v) is 14.8. The van der Waals surface area contributed by atoms with Gasteiger partial charge in [-0.25, -0.2) is 14.6 Å². The highest BCUT2D eigenvalue weighted by molar-refractivity contribution is 7.30. The van der Waals surface area contributed by atoms with Crippen molar-refractivity contribution in [1.29, 1.82) is 0 Å². The molecule has 10 nitrogen and oxygen atoms in total. The van der Waals surface area contributed by atoms with E-state index in [2.05, 4.69) is 43.5 Å². The lowest BCUT2D eigenvalue weighted by molar-refractivity contribution is -0.139. The van der Waals surface area contributed by atoms with Gasteiger partial charge < -0.3 is 14.4 Å². The summed E-state index contributed by atoms with van der Waals surface area (Å²) in [6.45, 7) is 12.6. The predicted molar refractivity (Wildman–Crippen MR) is 167 cm³/mol. The maximum absolute atomic E-state index is 11.5. The molecule has 12 heteroatoms. The van der Waals surface area contributed by atoms with Crippen molar-refractivity contribution in [2.24, 2.45) is 20.5 Å². The van der Waals surface area contributed by atoms with Gasteiger partial charge in [0, 0.05) is 30.3 Å². The van der Waals surface area contributed by atoms with Crippen LogP contribution in [0.15, 0.2) is 99.9 Å². The molecule has 2 aromatic carbocycles. The fourth-order valence-electron chi connectivity index (χ4n) is 3.64. The smallest absolute Gasteiger partial charge is 0.333 e. The van der Waals surface area contributed by atoms with Gasteiger partial charge in [-0.1, -0.05) is 48.0 Å². The van der Waals surface area contributed by atoms with Crippen LogP contribution in [0.25, 0.3) is 9.53 Å². The van der Waals surface area contributed by atoms with Crippen molar-refractivity contribution >= 4 is 71.3 Å². The fourth-order valence-corrected chi connectivity index (χ4v) is 5.49. The zero-order chi connectivity index (χ0) is 29.9. The number of nitrogens with zero attached hydrogens (tertiary/aromatic N) is 6. The first kappa shape index (κ1) is 30.4. The monoisotopic (exact) mass is 602 g/mol. The number of likely N-dealkylation sites (N-methyl/N-ethyl adjacent to an activating group) is 1. The van der Waals surface area contributed by atoms with Crippen molar-refractivity contribution in [3.8, 4) is 0 Å². The molecule has 0 amide bonds. The minimum absolute atomic E-state index is 0.287. The maximum Gasteiger partial charge on any atom is 0.333 e. The van der Waals surface area contributed by atoms with Gasteiger partial charge in [0.05, 0.1) is 29.2 Å². The third-order valence-electron chi connectivity index (χ3n) is 5.86. The Bertz CT molecular complexity index is 1580. The normalized spacial score (nSPS) is 11.3. The molecular weight excluding hydrogens is 573 g/mol. The first-order valence-electron chi connectivity index (χ1n) is 13.1. The number of carbonyl (C=O) groups is 2. The highest BCUT2D eigenvalue weighted by Gasteiger charge is 2.09. The number of azo groups is 2. The Morgan fingerprint density at radius 3 is 2.29 bits per heavy atom. The average Bonchev–Trinajstić information content (AvgIpc) is 3.56. The van der Waals surface area contributed by atoms with E-state index >= 15 is 0 Å². The maximum atomic E-state index is 11.5. The number of esters is 2. The summed E-state index contributed by atoms with van der Waals surface area (Å²) >= 11 is 2.87. The van der Waals surface area contributed by atoms with Crippen LogP contribution in [0.4, 0.5) is 27.2 Å². The Labute approximate surface area is 251 Å². The summed E-state index contributed by atoms with van der Waals surface area (Å²) in [6.07, 6.45) is 1.77. The van der Waals surface area contributed by atoms with Gasteiger partial charge in [0.15, 0.2) is 0 Å². The quantitative estimate of drug-likeness (QED) is 0.0812. The molecule has 216 valence electrons. The average molecular weight is 603 g/mol. The van der Waals surface area contributed by atoms with E-state index in [1.165, 1.54) is 22.7 Å². The second-order valence-corrected chi connectivity index (χ2v) is 11.0. The molecule has 42 heavy (non-hydrogen) atoms. The lowest BCUT2D eigenvalue weighted by Gasteiger charge is -2.22. The molecule has 0 saturated carbocycles. The van der Waals surface area contributed by atoms with E-state index in [4.69, 9.17) is 9.47 Å². The van der Waals surface area contributed by atoms with Crippen LogP contribution in [0.1, 0.15) is 19.4 Å². The molecule has 0 radical (unpaired) electrons. The van der Waals surface area contributed by atoms with Crippen LogP contribution in [0, 0.1) is 0 Å². The largest absolute Gasteiger partial charge is 0.462 e. The number of thiophene rings is 1. The second-order valence-electron chi connectivity index (χ2n) is 8.95. The number of fused-ring (bicyclic) bond motifs is 1. The van der Waals surface area contributed by atoms with Crippen LogP contribution in [-0.2, 0) is 25.5 Å². The number of benzene rings is 2. The summed E-state index contributed by atoms with van der Waals surface area (Å²) < 4.78 is 11.2. The number of carbonyl (C=O) groups excluding carboxylic acids is 2. The van der Waals surface area contributed by atoms with Crippen LogP contribution in [-0.4, -0.2) is 43.2 Å². The number of hydrogen-bond acceptors (Lipinski definition) is 12. The molecule has 0 saturated heterocycles. The van der Waals surface area contributed by atoms with Crippen LogP contribution in [0.3, 0.4) is 0 Å². The number of rotatable bonds is 14. The molecule has 2 aromatic heterocycles. The molecule has 4 rings (SSSR count). The minimum atomic E-state index is -0.426. The van der Waals surface area contributed by atoms with E-state index in [1.807, 2.05) is 61.5 Å². The van der Waals surface area contributed by atoms with E-state index in [1.54, 1.807) is 6.92 Å². The Morgan fingerprint density at radius 1 is 0.952 bits per heavy atom. The van der Waals surface area contributed by atoms with E-state index < -0.39 is 5.97 Å². The van der Waals surface area contributed by atoms with Gasteiger partial charge in [0.1, 0.15) is 16.4 Å². The third kappa shape index (κ3) is 8.72. The van der Waals surface area contributed by atoms with Crippen LogP contribution in [0.5, 0.6) is 0 Å². The number of ether oxygens (including phenoxy) is 2. The molecule has 0 atom stereocenters. The van der Waals surface area contributed by atoms with E-state index in [0.717, 1.165) is 44.1 Å². The van der Waals surface area contributed by atoms with Crippen molar-refractivity contribution in [2.75, 3.05) is 31.2 Å². The standard InChI is InChI=1S/C30H30N6O4S2/c1-5-27(37)39-18-16-36(6-2)24-13-11-23(12-14-24)33-35-30-31-28-25(41-30)19-26(42-28)34-32-22-9-7-21(8-10-22)15-17-40-29(38)20(3)4/h5,7-14,19H,1,3,6,15-18H2,2,4H3/b34-32+,35-33+. The number of aromatic nitrogens is 1. The Kier molecular flexibility index (Phi) is 10.8. The van der Waals surface area contributed by atoms with Crippen molar-refractivity contribution in [2.45, 2.75) is 20.3 Å². The first-order chi connectivity index (χ1) is 20.3. The summed E-state index contributed by atoms with van der Waals surface area (Å²) in [5.41, 5.74) is 3.86. The van der Waals surface area contributed by atoms with Gasteiger partial charge in [-0.3, -0.25) is 0 Å². The van der Waals surface area contributed by atoms with Crippen molar-refractivity contribution in [3.63, 3.8) is 0 Å². The summed E-state index contributed by atoms with van der Waals surface area (Å²) in [5, 5.41) is 18.6. The fraction of sp³-hybridized carbons (Fsp3) is 0.233. The van der Waals surface area contributed by atoms with Crippen LogP contribution in [0.2, 0.25) is 0 Å². The van der Waals surface area contributed by atoms with Gasteiger partial charge >= 0.3 is 11.9 Å². The SMILES string of the molecule is C=CC(=O)OCCN(CC)c1ccc(/N=N/c2nc3sc(/N=N/c4ccc(CCOC(=O)C(=C)C)cc4)cc3s2)cc1. The Hall–Kier alpha value is -4.55. The second kappa shape index (κ2) is 14.9. The molecule has 2 heterocycles. The van der Waals surface area contributed by atoms with Gasteiger partial charge in [0.25, 0.3) is 0 Å². The van der Waals surface area contributed by atoms with Gasteiger partial charge in [-0.05, 0) is 61.9 Å². The molecule has 0 aliphatic heterocycles. The number of anilines is 1. The lowest BCUT2D eigenvalue weighted by Crippen LogP contribution is -2.27. The third-order valence-corrected chi connectivity index (χ3v) is 7.79. The van der Waals surface area contributed by atoms with E-state index in [9.17, 15) is 9.59 Å². The summed E-state index contributed by atoms with van der Waals surface area (Å²) in [5.74, 6) is -0.807. The summed E-state index contributed by atoms with van der Waals surface area (Å²) in [4.78, 5) is 30.2. The lowest BCUT2D eigenvalue weighted by atomic mass is 10.1. The Morgan fingerprint density at radius 2 is 1.64 bits per heavy atom. The van der Waals surface area contributed by atoms with E-state index in [0.29, 0.717) is 36.0 Å². The number of hydrogen-bond donors (Lipinski definition) is 0. The van der Waals surface area contributed by atoms with Crippen LogP contribution >= 0.6 is 22.7 Å². The molecule has 0 bridgehead atoms. The topological polar surface area (TPSA) is 118 Å². The number of thiazole rings is 1. The molecule has 0 spiro atoms. The molecular formula is C30H30N6O4S2. The van der Waals surface area contributed by atoms with Gasteiger partial charge in [0.2, 0.25) is 5.13 Å². The van der Waals surface area contributed by atoms with Crippen molar-refractivity contribution < 1.29 is 19.1 Å². The highest BCUT2D eigenvalue weighted by atomic mass is 32.1. The summed E-state index contributed by atoms with van der Waals surface area (Å²) in [6, 6.07) is 17.2. The zero-order valence-corrected chi connectivity index (χ0v) is 25.0. The van der Waals surface area contributed by atoms with Gasteiger partial charge in [-0.15, -0.1) is 20.5 Å². The van der Waals surface area contributed by atoms with Crippen molar-refractivity contribution in [1.82, 2.24) is 4.98 Å². The molecule has 4 aromatic rings. The van der Waals surface area contributed by atoms with Crippen molar-refractivity contribution in [3.05, 3.63) is 85.0 Å². The molecule has 0 aliphatic carbocycles. The molecule has 0 unspecified atom stereocenters. The highest BCUT2D eigenvalue weighted by Crippen LogP contribution is 2.39. The Balaban J connectivity index is 1.29. The summed E-state index contributed by atoms with van der Waals surface area (Å²) in [7, 11) is 0. The predicted octanol–water partition coefficient (Wildman–Crippen LogP) is 8.41. The molecule has 0 fully saturated rings. The zero-order valence-electron chi connectivity index (χ0n) is 23.4. The van der Waals surface area contributed by atoms with E-state index in [-0.39, 0.29) is 12.6 Å². The molecule has 0 aliphatic rings. The minimum Gasteiger partial charge on any atom is -0.462 e. The van der Waals surface area contributed by atoms with Crippen LogP contribution < -0.4 is 4.90 Å². The van der Waals surface area contributed by atoms with Gasteiger partial charge in [-0.2, -0.15) is 0 Å².